The Morgan fingerprint density at radius 2 is 1.81 bits per heavy atom. The summed E-state index contributed by atoms with van der Waals surface area (Å²) in [6, 6.07) is 19.2. The van der Waals surface area contributed by atoms with Gasteiger partial charge < -0.3 is 9.64 Å². The highest BCUT2D eigenvalue weighted by molar-refractivity contribution is 7.07. The summed E-state index contributed by atoms with van der Waals surface area (Å²) in [6.45, 7) is 3.36. The van der Waals surface area contributed by atoms with E-state index in [1.54, 1.807) is 11.7 Å². The van der Waals surface area contributed by atoms with E-state index in [4.69, 9.17) is 9.73 Å². The number of rotatable bonds is 5. The lowest BCUT2D eigenvalue weighted by molar-refractivity contribution is -0.114. The first-order chi connectivity index (χ1) is 17.3. The van der Waals surface area contributed by atoms with Crippen LogP contribution in [0.1, 0.15) is 31.0 Å². The first-order valence-electron chi connectivity index (χ1n) is 11.7. The first kappa shape index (κ1) is 23.8. The lowest BCUT2D eigenvalue weighted by Crippen LogP contribution is -2.39. The summed E-state index contributed by atoms with van der Waals surface area (Å²) >= 11 is 1.33. The maximum atomic E-state index is 13.9. The quantitative estimate of drug-likeness (QED) is 0.417. The van der Waals surface area contributed by atoms with Gasteiger partial charge in [0.05, 0.1) is 17.7 Å². The van der Waals surface area contributed by atoms with Gasteiger partial charge in [0, 0.05) is 36.6 Å². The molecular formula is C29H27N3O3S. The molecule has 0 fully saturated rings. The van der Waals surface area contributed by atoms with Crippen LogP contribution < -0.4 is 24.5 Å². The number of allylic oxidation sites excluding steroid dienone is 2. The maximum absolute atomic E-state index is 13.9. The molecule has 1 aliphatic heterocycles. The standard InChI is InChI=1S/C29H27N3O3S/c1-17-25(18(2)33)27(26-22-9-7-6-8-20(22)12-15-23(26)35-5)32-28(34)24(36-29(32)30-17)16-19-10-13-21(14-11-19)31(3)4/h6-16,27H,1-5H3/b24-16+/t27-/m0/s1. The summed E-state index contributed by atoms with van der Waals surface area (Å²) in [6.07, 6.45) is 1.88. The lowest BCUT2D eigenvalue weighted by atomic mass is 9.89. The van der Waals surface area contributed by atoms with Crippen LogP contribution in [-0.2, 0) is 4.79 Å². The first-order valence-corrected chi connectivity index (χ1v) is 12.5. The number of nitrogens with zero attached hydrogens (tertiary/aromatic N) is 3. The van der Waals surface area contributed by atoms with Crippen LogP contribution in [0.15, 0.2) is 81.7 Å². The molecular weight excluding hydrogens is 470 g/mol. The van der Waals surface area contributed by atoms with Gasteiger partial charge in [-0.15, -0.1) is 0 Å². The summed E-state index contributed by atoms with van der Waals surface area (Å²) in [5.41, 5.74) is 3.73. The predicted molar refractivity (Wildman–Crippen MR) is 146 cm³/mol. The van der Waals surface area contributed by atoms with Crippen molar-refractivity contribution in [2.75, 3.05) is 26.1 Å². The fraction of sp³-hybridized carbons (Fsp3) is 0.207. The number of thiazole rings is 1. The number of methoxy groups -OCH3 is 1. The minimum atomic E-state index is -0.641. The Morgan fingerprint density at radius 1 is 1.08 bits per heavy atom. The van der Waals surface area contributed by atoms with Gasteiger partial charge in [0.25, 0.3) is 5.56 Å². The van der Waals surface area contributed by atoms with E-state index in [9.17, 15) is 9.59 Å². The number of Topliss-reactive ketones (excluding diaryl/α,β-unsaturated/α-hetero) is 1. The van der Waals surface area contributed by atoms with E-state index >= 15 is 0 Å². The van der Waals surface area contributed by atoms with Crippen LogP contribution in [0.4, 0.5) is 5.69 Å². The van der Waals surface area contributed by atoms with Crippen molar-refractivity contribution >= 4 is 39.7 Å². The van der Waals surface area contributed by atoms with E-state index in [-0.39, 0.29) is 11.3 Å². The third kappa shape index (κ3) is 3.95. The minimum Gasteiger partial charge on any atom is -0.496 e. The van der Waals surface area contributed by atoms with Gasteiger partial charge in [-0.3, -0.25) is 14.2 Å². The normalized spacial score (nSPS) is 15.6. The van der Waals surface area contributed by atoms with Gasteiger partial charge in [-0.05, 0) is 54.5 Å². The van der Waals surface area contributed by atoms with Gasteiger partial charge >= 0.3 is 0 Å². The van der Waals surface area contributed by atoms with Gasteiger partial charge in [-0.25, -0.2) is 4.99 Å². The molecule has 1 aliphatic rings. The fourth-order valence-corrected chi connectivity index (χ4v) is 5.85. The largest absolute Gasteiger partial charge is 0.496 e. The van der Waals surface area contributed by atoms with Crippen LogP contribution in [0.25, 0.3) is 16.8 Å². The molecule has 0 bridgehead atoms. The summed E-state index contributed by atoms with van der Waals surface area (Å²) in [5, 5.41) is 1.94. The summed E-state index contributed by atoms with van der Waals surface area (Å²) in [4.78, 5) is 34.1. The van der Waals surface area contributed by atoms with E-state index in [1.807, 2.05) is 92.7 Å². The SMILES string of the molecule is COc1ccc2ccccc2c1[C@@H]1C(C(C)=O)=C(C)N=c2s/c(=C/c3ccc(N(C)C)cc3)c(=O)n21. The Kier molecular flexibility index (Phi) is 6.10. The molecule has 0 spiro atoms. The van der Waals surface area contributed by atoms with Crippen LogP contribution in [0.5, 0.6) is 5.75 Å². The van der Waals surface area contributed by atoms with Crippen molar-refractivity contribution in [3.05, 3.63) is 103 Å². The van der Waals surface area contributed by atoms with Crippen LogP contribution in [-0.4, -0.2) is 31.6 Å². The number of aromatic nitrogens is 1. The second-order valence-corrected chi connectivity index (χ2v) is 10.0. The number of carbonyl (C=O) groups excluding carboxylic acids is 1. The number of fused-ring (bicyclic) bond motifs is 2. The molecule has 0 amide bonds. The Morgan fingerprint density at radius 3 is 2.47 bits per heavy atom. The summed E-state index contributed by atoms with van der Waals surface area (Å²) in [7, 11) is 5.59. The van der Waals surface area contributed by atoms with Crippen molar-refractivity contribution in [3.63, 3.8) is 0 Å². The average Bonchev–Trinajstić information content (AvgIpc) is 3.16. The molecule has 36 heavy (non-hydrogen) atoms. The number of ketones is 1. The third-order valence-corrected chi connectivity index (χ3v) is 7.52. The predicted octanol–water partition coefficient (Wildman–Crippen LogP) is 4.05. The van der Waals surface area contributed by atoms with Crippen LogP contribution in [0, 0.1) is 0 Å². The number of ether oxygens (including phenoxy) is 1. The summed E-state index contributed by atoms with van der Waals surface area (Å²) in [5.74, 6) is 0.505. The van der Waals surface area contributed by atoms with E-state index in [0.29, 0.717) is 26.4 Å². The second-order valence-electron chi connectivity index (χ2n) is 9.03. The average molecular weight is 498 g/mol. The molecule has 1 aromatic heterocycles. The number of carbonyl (C=O) groups is 1. The zero-order chi connectivity index (χ0) is 25.6. The van der Waals surface area contributed by atoms with E-state index in [0.717, 1.165) is 27.6 Å². The van der Waals surface area contributed by atoms with E-state index in [1.165, 1.54) is 18.3 Å². The second kappa shape index (κ2) is 9.24. The number of hydrogen-bond acceptors (Lipinski definition) is 6. The fourth-order valence-electron chi connectivity index (χ4n) is 4.80. The molecule has 3 aromatic carbocycles. The van der Waals surface area contributed by atoms with Crippen molar-refractivity contribution in [1.82, 2.24) is 4.57 Å². The van der Waals surface area contributed by atoms with Crippen molar-refractivity contribution in [3.8, 4) is 5.75 Å². The molecule has 0 radical (unpaired) electrons. The molecule has 0 unspecified atom stereocenters. The topological polar surface area (TPSA) is 63.9 Å². The van der Waals surface area contributed by atoms with E-state index in [2.05, 4.69) is 0 Å². The number of anilines is 1. The highest BCUT2D eigenvalue weighted by atomic mass is 32.1. The molecule has 5 rings (SSSR count). The molecule has 0 saturated carbocycles. The van der Waals surface area contributed by atoms with Crippen molar-refractivity contribution in [2.24, 2.45) is 4.99 Å². The van der Waals surface area contributed by atoms with E-state index < -0.39 is 6.04 Å². The lowest BCUT2D eigenvalue weighted by Gasteiger charge is -2.27. The van der Waals surface area contributed by atoms with Crippen molar-refractivity contribution in [2.45, 2.75) is 19.9 Å². The Hall–Kier alpha value is -3.97. The molecule has 7 heteroatoms. The highest BCUT2D eigenvalue weighted by Crippen LogP contribution is 2.40. The monoisotopic (exact) mass is 497 g/mol. The maximum Gasteiger partial charge on any atom is 0.271 e. The zero-order valence-electron chi connectivity index (χ0n) is 20.9. The van der Waals surface area contributed by atoms with Gasteiger partial charge in [-0.2, -0.15) is 0 Å². The van der Waals surface area contributed by atoms with Crippen molar-refractivity contribution in [1.29, 1.82) is 0 Å². The Bertz CT molecular complexity index is 1710. The minimum absolute atomic E-state index is 0.121. The Balaban J connectivity index is 1.80. The van der Waals surface area contributed by atoms with Crippen LogP contribution in [0.2, 0.25) is 0 Å². The molecule has 4 aromatic rings. The van der Waals surface area contributed by atoms with Crippen LogP contribution >= 0.6 is 11.3 Å². The summed E-state index contributed by atoms with van der Waals surface area (Å²) < 4.78 is 7.98. The van der Waals surface area contributed by atoms with Gasteiger partial charge in [0.15, 0.2) is 10.6 Å². The number of hydrogen-bond donors (Lipinski definition) is 0. The molecule has 1 atom stereocenters. The molecule has 0 saturated heterocycles. The van der Waals surface area contributed by atoms with Crippen molar-refractivity contribution < 1.29 is 9.53 Å². The number of benzene rings is 3. The molecule has 0 N–H and O–H groups in total. The molecule has 182 valence electrons. The molecule has 2 heterocycles. The Labute approximate surface area is 213 Å². The molecule has 6 nitrogen and oxygen atoms in total. The molecule has 0 aliphatic carbocycles. The smallest absolute Gasteiger partial charge is 0.271 e. The highest BCUT2D eigenvalue weighted by Gasteiger charge is 2.33. The van der Waals surface area contributed by atoms with Crippen LogP contribution in [0.3, 0.4) is 0 Å². The van der Waals surface area contributed by atoms with Gasteiger partial charge in [-0.1, -0.05) is 53.8 Å². The van der Waals surface area contributed by atoms with Gasteiger partial charge in [0.1, 0.15) is 5.75 Å². The zero-order valence-corrected chi connectivity index (χ0v) is 21.7. The van der Waals surface area contributed by atoms with Gasteiger partial charge in [0.2, 0.25) is 0 Å². The third-order valence-electron chi connectivity index (χ3n) is 6.53.